The van der Waals surface area contributed by atoms with Gasteiger partial charge in [0.05, 0.1) is 13.3 Å². The highest BCUT2D eigenvalue weighted by atomic mass is 16.5. The summed E-state index contributed by atoms with van der Waals surface area (Å²) < 4.78 is 5.17. The molecule has 1 aromatic carbocycles. The smallest absolute Gasteiger partial charge is 0.197 e. The van der Waals surface area contributed by atoms with Crippen LogP contribution in [0.25, 0.3) is 0 Å². The van der Waals surface area contributed by atoms with Crippen molar-refractivity contribution in [3.05, 3.63) is 41.7 Å². The molecule has 2 aromatic rings. The Kier molecular flexibility index (Phi) is 3.10. The summed E-state index contributed by atoms with van der Waals surface area (Å²) in [4.78, 5) is 6.97. The van der Waals surface area contributed by atoms with Gasteiger partial charge in [-0.1, -0.05) is 12.1 Å². The maximum Gasteiger partial charge on any atom is 0.197 e. The topological polar surface area (TPSA) is 63.9 Å². The van der Waals surface area contributed by atoms with E-state index in [0.29, 0.717) is 5.95 Å². The molecule has 3 N–H and O–H groups in total. The van der Waals surface area contributed by atoms with E-state index in [9.17, 15) is 0 Å². The Labute approximate surface area is 94.5 Å². The Morgan fingerprint density at radius 1 is 1.38 bits per heavy atom. The first-order valence-corrected chi connectivity index (χ1v) is 5.20. The van der Waals surface area contributed by atoms with Gasteiger partial charge in [0.15, 0.2) is 5.95 Å². The van der Waals surface area contributed by atoms with E-state index in [2.05, 4.69) is 16.0 Å². The molecule has 0 radical (unpaired) electrons. The number of aryl methyl sites for hydroxylation is 2. The lowest BCUT2D eigenvalue weighted by molar-refractivity contribution is 0.414. The third-order valence-electron chi connectivity index (χ3n) is 2.47. The van der Waals surface area contributed by atoms with Gasteiger partial charge in [0.25, 0.3) is 0 Å². The molecule has 0 aliphatic carbocycles. The maximum absolute atomic E-state index is 5.51. The van der Waals surface area contributed by atoms with Crippen molar-refractivity contribution in [3.8, 4) is 5.75 Å². The molecule has 0 atom stereocenters. The van der Waals surface area contributed by atoms with Gasteiger partial charge in [-0.2, -0.15) is 0 Å². The zero-order valence-corrected chi connectivity index (χ0v) is 9.23. The Hall–Kier alpha value is -1.97. The van der Waals surface area contributed by atoms with Crippen molar-refractivity contribution in [1.29, 1.82) is 0 Å². The number of aromatic amines is 1. The van der Waals surface area contributed by atoms with Gasteiger partial charge in [0.1, 0.15) is 5.75 Å². The van der Waals surface area contributed by atoms with Crippen LogP contribution in [0.2, 0.25) is 0 Å². The fraction of sp³-hybridized carbons (Fsp3) is 0.250. The molecule has 0 spiro atoms. The fourth-order valence-electron chi connectivity index (χ4n) is 1.61. The molecule has 16 heavy (non-hydrogen) atoms. The summed E-state index contributed by atoms with van der Waals surface area (Å²) in [7, 11) is 1.68. The van der Waals surface area contributed by atoms with Crippen LogP contribution in [0.1, 0.15) is 11.3 Å². The van der Waals surface area contributed by atoms with Crippen LogP contribution in [0.4, 0.5) is 5.95 Å². The number of nitrogens with zero attached hydrogens (tertiary/aromatic N) is 1. The number of hydrogen-bond donors (Lipinski definition) is 2. The van der Waals surface area contributed by atoms with Crippen molar-refractivity contribution < 1.29 is 4.74 Å². The van der Waals surface area contributed by atoms with Gasteiger partial charge in [-0.25, -0.2) is 4.98 Å². The van der Waals surface area contributed by atoms with Crippen molar-refractivity contribution in [1.82, 2.24) is 9.97 Å². The summed E-state index contributed by atoms with van der Waals surface area (Å²) in [5, 5.41) is 0. The van der Waals surface area contributed by atoms with Crippen molar-refractivity contribution >= 4 is 5.95 Å². The summed E-state index contributed by atoms with van der Waals surface area (Å²) in [5.74, 6) is 1.36. The molecule has 0 aliphatic rings. The van der Waals surface area contributed by atoms with Crippen LogP contribution in [0.15, 0.2) is 30.5 Å². The van der Waals surface area contributed by atoms with E-state index >= 15 is 0 Å². The van der Waals surface area contributed by atoms with Crippen LogP contribution in [0, 0.1) is 0 Å². The number of rotatable bonds is 4. The predicted molar refractivity (Wildman–Crippen MR) is 63.4 cm³/mol. The van der Waals surface area contributed by atoms with Crippen molar-refractivity contribution in [2.75, 3.05) is 12.8 Å². The SMILES string of the molecule is COc1cccc(CCc2cnc(N)[nH]2)c1. The molecule has 0 bridgehead atoms. The summed E-state index contributed by atoms with van der Waals surface area (Å²) in [6.45, 7) is 0. The normalized spacial score (nSPS) is 10.3. The average molecular weight is 217 g/mol. The summed E-state index contributed by atoms with van der Waals surface area (Å²) in [6.07, 6.45) is 3.62. The van der Waals surface area contributed by atoms with Gasteiger partial charge < -0.3 is 15.5 Å². The van der Waals surface area contributed by atoms with Crippen LogP contribution < -0.4 is 10.5 Å². The van der Waals surface area contributed by atoms with Gasteiger partial charge in [-0.15, -0.1) is 0 Å². The van der Waals surface area contributed by atoms with Crippen LogP contribution in [-0.4, -0.2) is 17.1 Å². The summed E-state index contributed by atoms with van der Waals surface area (Å²) >= 11 is 0. The monoisotopic (exact) mass is 217 g/mol. The predicted octanol–water partition coefficient (Wildman–Crippen LogP) is 1.79. The first-order valence-electron chi connectivity index (χ1n) is 5.20. The number of nitrogens with one attached hydrogen (secondary N) is 1. The molecule has 1 heterocycles. The molecule has 4 nitrogen and oxygen atoms in total. The Balaban J connectivity index is 1.99. The second kappa shape index (κ2) is 4.70. The van der Waals surface area contributed by atoms with Crippen LogP contribution in [0.5, 0.6) is 5.75 Å². The number of H-pyrrole nitrogens is 1. The van der Waals surface area contributed by atoms with Gasteiger partial charge in [0, 0.05) is 5.69 Å². The number of nitrogens with two attached hydrogens (primary N) is 1. The number of hydrogen-bond acceptors (Lipinski definition) is 3. The van der Waals surface area contributed by atoms with Crippen molar-refractivity contribution in [2.45, 2.75) is 12.8 Å². The van der Waals surface area contributed by atoms with E-state index in [1.807, 2.05) is 18.2 Å². The minimum atomic E-state index is 0.473. The van der Waals surface area contributed by atoms with E-state index < -0.39 is 0 Å². The van der Waals surface area contributed by atoms with E-state index in [1.54, 1.807) is 13.3 Å². The Morgan fingerprint density at radius 2 is 2.25 bits per heavy atom. The Bertz CT molecular complexity index is 465. The quantitative estimate of drug-likeness (QED) is 0.820. The largest absolute Gasteiger partial charge is 0.497 e. The Morgan fingerprint density at radius 3 is 2.94 bits per heavy atom. The van der Waals surface area contributed by atoms with E-state index in [0.717, 1.165) is 24.3 Å². The lowest BCUT2D eigenvalue weighted by Gasteiger charge is -2.03. The van der Waals surface area contributed by atoms with Gasteiger partial charge >= 0.3 is 0 Å². The van der Waals surface area contributed by atoms with E-state index in [4.69, 9.17) is 10.5 Å². The number of imidazole rings is 1. The summed E-state index contributed by atoms with van der Waals surface area (Å²) in [6, 6.07) is 8.06. The molecule has 0 saturated heterocycles. The average Bonchev–Trinajstić information content (AvgIpc) is 2.73. The number of aromatic nitrogens is 2. The lowest BCUT2D eigenvalue weighted by Crippen LogP contribution is -1.93. The molecule has 84 valence electrons. The summed E-state index contributed by atoms with van der Waals surface area (Å²) in [5.41, 5.74) is 7.81. The third-order valence-corrected chi connectivity index (χ3v) is 2.47. The zero-order valence-electron chi connectivity index (χ0n) is 9.23. The number of ether oxygens (including phenoxy) is 1. The minimum absolute atomic E-state index is 0.473. The second-order valence-electron chi connectivity index (χ2n) is 3.65. The van der Waals surface area contributed by atoms with Gasteiger partial charge in [-0.05, 0) is 30.5 Å². The molecule has 4 heteroatoms. The molecular weight excluding hydrogens is 202 g/mol. The second-order valence-corrected chi connectivity index (χ2v) is 3.65. The number of anilines is 1. The molecule has 0 unspecified atom stereocenters. The first kappa shape index (κ1) is 10.5. The molecule has 0 amide bonds. The molecule has 0 saturated carbocycles. The van der Waals surface area contributed by atoms with Gasteiger partial charge in [-0.3, -0.25) is 0 Å². The maximum atomic E-state index is 5.51. The fourth-order valence-corrected chi connectivity index (χ4v) is 1.61. The highest BCUT2D eigenvalue weighted by molar-refractivity contribution is 5.29. The van der Waals surface area contributed by atoms with Crippen molar-refractivity contribution in [2.24, 2.45) is 0 Å². The number of benzene rings is 1. The minimum Gasteiger partial charge on any atom is -0.497 e. The van der Waals surface area contributed by atoms with Crippen molar-refractivity contribution in [3.63, 3.8) is 0 Å². The van der Waals surface area contributed by atoms with Crippen LogP contribution >= 0.6 is 0 Å². The number of nitrogen functional groups attached to an aromatic ring is 1. The highest BCUT2D eigenvalue weighted by Crippen LogP contribution is 2.14. The zero-order chi connectivity index (χ0) is 11.4. The lowest BCUT2D eigenvalue weighted by atomic mass is 10.1. The standard InChI is InChI=1S/C12H15N3O/c1-16-11-4-2-3-9(7-11)5-6-10-8-14-12(13)15-10/h2-4,7-8H,5-6H2,1H3,(H3,13,14,15). The third kappa shape index (κ3) is 2.53. The molecule has 1 aromatic heterocycles. The molecule has 0 aliphatic heterocycles. The van der Waals surface area contributed by atoms with E-state index in [-0.39, 0.29) is 0 Å². The highest BCUT2D eigenvalue weighted by Gasteiger charge is 2.00. The molecular formula is C12H15N3O. The van der Waals surface area contributed by atoms with E-state index in [1.165, 1.54) is 5.56 Å². The van der Waals surface area contributed by atoms with Crippen LogP contribution in [0.3, 0.4) is 0 Å². The first-order chi connectivity index (χ1) is 7.78. The van der Waals surface area contributed by atoms with Gasteiger partial charge in [0.2, 0.25) is 0 Å². The number of methoxy groups -OCH3 is 1. The molecule has 2 rings (SSSR count). The van der Waals surface area contributed by atoms with Crippen LogP contribution in [-0.2, 0) is 12.8 Å². The molecule has 0 fully saturated rings.